The molecule has 2 rings (SSSR count). The van der Waals surface area contributed by atoms with E-state index < -0.39 is 24.5 Å². The van der Waals surface area contributed by atoms with Crippen LogP contribution in [0.15, 0.2) is 12.1 Å². The molecule has 1 aliphatic rings. The second-order valence-corrected chi connectivity index (χ2v) is 22.9. The maximum absolute atomic E-state index is 11.5. The molecule has 6 heteroatoms. The van der Waals surface area contributed by atoms with Crippen molar-refractivity contribution < 1.29 is 14.6 Å². The van der Waals surface area contributed by atoms with Crippen LogP contribution in [-0.4, -0.2) is 53.7 Å². The molecule has 0 aromatic heterocycles. The predicted molar refractivity (Wildman–Crippen MR) is 134 cm³/mol. The van der Waals surface area contributed by atoms with E-state index in [9.17, 15) is 9.90 Å². The van der Waals surface area contributed by atoms with E-state index in [-0.39, 0.29) is 6.10 Å². The average Bonchev–Trinajstić information content (AvgIpc) is 2.75. The molecule has 0 unspecified atom stereocenters. The van der Waals surface area contributed by atoms with Gasteiger partial charge in [-0.3, -0.25) is 0 Å². The standard InChI is InChI=1S/C13H15ClNO3.3C4H9.Sn/c1-9-7-10(14)4-5-12(9)18-11-3-2-6-15(8-11)13(16)17;3*1-3-4-2;/h4,7,11H,2-3,6,8H2,1H3,(H,16,17);3*1,3-4H2,2H3;/t11-;;;;/m0..../s1. The normalized spacial score (nSPS) is 17.1. The van der Waals surface area contributed by atoms with Gasteiger partial charge in [-0.05, 0) is 0 Å². The molecular weight excluding hydrogens is 516 g/mol. The summed E-state index contributed by atoms with van der Waals surface area (Å²) < 4.78 is 12.2. The third-order valence-corrected chi connectivity index (χ3v) is 22.5. The molecule has 1 saturated heterocycles. The minimum atomic E-state index is -2.76. The van der Waals surface area contributed by atoms with Gasteiger partial charge in [0, 0.05) is 0 Å². The van der Waals surface area contributed by atoms with Gasteiger partial charge in [-0.2, -0.15) is 0 Å². The maximum atomic E-state index is 11.5. The van der Waals surface area contributed by atoms with Crippen molar-refractivity contribution >= 4 is 39.7 Å². The Balaban J connectivity index is 2.47. The van der Waals surface area contributed by atoms with Crippen LogP contribution in [0.2, 0.25) is 18.3 Å². The second-order valence-electron chi connectivity index (χ2n) is 9.30. The number of likely N-dealkylation sites (tertiary alicyclic amines) is 1. The van der Waals surface area contributed by atoms with Gasteiger partial charge in [-0.25, -0.2) is 0 Å². The molecule has 0 bridgehead atoms. The summed E-state index contributed by atoms with van der Waals surface area (Å²) in [6.45, 7) is 10.0. The van der Waals surface area contributed by atoms with Crippen molar-refractivity contribution in [2.45, 2.75) is 98.5 Å². The zero-order chi connectivity index (χ0) is 22.9. The van der Waals surface area contributed by atoms with Crippen molar-refractivity contribution in [3.05, 3.63) is 22.7 Å². The van der Waals surface area contributed by atoms with E-state index >= 15 is 0 Å². The Morgan fingerprint density at radius 2 is 1.71 bits per heavy atom. The summed E-state index contributed by atoms with van der Waals surface area (Å²) >= 11 is 3.87. The van der Waals surface area contributed by atoms with Crippen molar-refractivity contribution in [3.63, 3.8) is 0 Å². The number of hydrogen-bond donors (Lipinski definition) is 1. The average molecular weight is 559 g/mol. The molecule has 1 N–H and O–H groups in total. The summed E-state index contributed by atoms with van der Waals surface area (Å²) in [5.41, 5.74) is 1.11. The van der Waals surface area contributed by atoms with E-state index in [2.05, 4.69) is 33.8 Å². The van der Waals surface area contributed by atoms with Crippen molar-refractivity contribution in [1.82, 2.24) is 4.90 Å². The molecule has 0 saturated carbocycles. The van der Waals surface area contributed by atoms with E-state index in [1.54, 1.807) is 0 Å². The topological polar surface area (TPSA) is 49.8 Å². The third-order valence-electron chi connectivity index (χ3n) is 6.77. The van der Waals surface area contributed by atoms with Crippen LogP contribution in [0.1, 0.15) is 77.7 Å². The van der Waals surface area contributed by atoms with Crippen LogP contribution in [0.3, 0.4) is 0 Å². The van der Waals surface area contributed by atoms with Gasteiger partial charge in [0.25, 0.3) is 0 Å². The van der Waals surface area contributed by atoms with Gasteiger partial charge in [-0.1, -0.05) is 0 Å². The SMILES string of the molecule is CCC[CH2][Sn]([CH2]CCC)([CH2]CCC)[c]1cc(Cl)cc(C)c1O[C@H]1CCCN(C(=O)O)C1. The predicted octanol–water partition coefficient (Wildman–Crippen LogP) is 7.23. The summed E-state index contributed by atoms with van der Waals surface area (Å²) in [6.07, 6.45) is 8.37. The fourth-order valence-corrected chi connectivity index (χ4v) is 22.2. The Bertz CT molecular complexity index is 690. The van der Waals surface area contributed by atoms with E-state index in [0.717, 1.165) is 29.2 Å². The summed E-state index contributed by atoms with van der Waals surface area (Å²) in [7, 11) is 0. The van der Waals surface area contributed by atoms with Gasteiger partial charge in [-0.15, -0.1) is 0 Å². The number of piperidine rings is 1. The Labute approximate surface area is 198 Å². The number of rotatable bonds is 12. The zero-order valence-corrected chi connectivity index (χ0v) is 23.6. The first-order valence-electron chi connectivity index (χ1n) is 12.3. The summed E-state index contributed by atoms with van der Waals surface area (Å²) in [4.78, 5) is 13.0. The van der Waals surface area contributed by atoms with Gasteiger partial charge >= 0.3 is 199 Å². The molecule has 1 heterocycles. The van der Waals surface area contributed by atoms with Crippen LogP contribution in [0.4, 0.5) is 4.79 Å². The first kappa shape index (κ1) is 26.6. The van der Waals surface area contributed by atoms with Crippen molar-refractivity contribution in [1.29, 1.82) is 0 Å². The number of carbonyl (C=O) groups is 1. The quantitative estimate of drug-likeness (QED) is 0.276. The fourth-order valence-electron chi connectivity index (χ4n) is 4.98. The molecule has 176 valence electrons. The number of benzene rings is 1. The first-order valence-corrected chi connectivity index (χ1v) is 20.2. The van der Waals surface area contributed by atoms with E-state index in [4.69, 9.17) is 16.3 Å². The van der Waals surface area contributed by atoms with Crippen LogP contribution in [-0.2, 0) is 0 Å². The van der Waals surface area contributed by atoms with Gasteiger partial charge in [0.2, 0.25) is 0 Å². The molecule has 0 aliphatic carbocycles. The molecule has 31 heavy (non-hydrogen) atoms. The fraction of sp³-hybridized carbons (Fsp3) is 0.720. The number of amides is 1. The zero-order valence-electron chi connectivity index (χ0n) is 20.0. The molecular formula is C25H42ClNO3Sn. The van der Waals surface area contributed by atoms with Gasteiger partial charge in [0.1, 0.15) is 0 Å². The molecule has 1 atom stereocenters. The third kappa shape index (κ3) is 7.45. The molecule has 1 aromatic carbocycles. The number of ether oxygens (including phenoxy) is 1. The van der Waals surface area contributed by atoms with Crippen molar-refractivity contribution in [2.24, 2.45) is 0 Å². The Morgan fingerprint density at radius 3 is 2.23 bits per heavy atom. The van der Waals surface area contributed by atoms with E-state index in [1.807, 2.05) is 6.07 Å². The Kier molecular flexibility index (Phi) is 11.3. The summed E-state index contributed by atoms with van der Waals surface area (Å²) in [5.74, 6) is 1.04. The molecule has 0 radical (unpaired) electrons. The van der Waals surface area contributed by atoms with Crippen LogP contribution in [0.25, 0.3) is 0 Å². The number of aryl methyl sites for hydroxylation is 1. The molecule has 0 spiro atoms. The van der Waals surface area contributed by atoms with Gasteiger partial charge in [0.05, 0.1) is 0 Å². The number of halogens is 1. The monoisotopic (exact) mass is 559 g/mol. The Hall–Kier alpha value is -0.621. The van der Waals surface area contributed by atoms with E-state index in [1.165, 1.54) is 60.3 Å². The Morgan fingerprint density at radius 1 is 1.13 bits per heavy atom. The second kappa shape index (κ2) is 13.2. The minimum absolute atomic E-state index is 0.0732. The van der Waals surface area contributed by atoms with Crippen molar-refractivity contribution in [2.75, 3.05) is 13.1 Å². The number of hydrogen-bond acceptors (Lipinski definition) is 2. The number of unbranched alkanes of at least 4 members (excludes halogenated alkanes) is 3. The van der Waals surface area contributed by atoms with Gasteiger partial charge in [0.15, 0.2) is 0 Å². The summed E-state index contributed by atoms with van der Waals surface area (Å²) in [6, 6.07) is 4.26. The van der Waals surface area contributed by atoms with Crippen LogP contribution in [0, 0.1) is 6.92 Å². The van der Waals surface area contributed by atoms with Gasteiger partial charge < -0.3 is 0 Å². The van der Waals surface area contributed by atoms with Crippen LogP contribution in [0.5, 0.6) is 5.75 Å². The molecule has 1 aliphatic heterocycles. The number of carboxylic acid groups (broad SMARTS) is 1. The van der Waals surface area contributed by atoms with E-state index in [0.29, 0.717) is 13.1 Å². The van der Waals surface area contributed by atoms with Crippen molar-refractivity contribution in [3.8, 4) is 5.75 Å². The first-order chi connectivity index (χ1) is 14.9. The molecule has 4 nitrogen and oxygen atoms in total. The molecule has 1 amide bonds. The van der Waals surface area contributed by atoms with Crippen LogP contribution < -0.4 is 8.32 Å². The molecule has 1 fully saturated rings. The number of nitrogens with zero attached hydrogens (tertiary/aromatic N) is 1. The molecule has 1 aromatic rings. The van der Waals surface area contributed by atoms with Crippen LogP contribution >= 0.6 is 11.6 Å². The summed E-state index contributed by atoms with van der Waals surface area (Å²) in [5, 5.41) is 10.3.